The minimum atomic E-state index is -0.935. The van der Waals surface area contributed by atoms with Crippen molar-refractivity contribution in [3.63, 3.8) is 0 Å². The third kappa shape index (κ3) is 2.87. The molecule has 0 aromatic carbocycles. The summed E-state index contributed by atoms with van der Waals surface area (Å²) in [5.41, 5.74) is 1.09. The van der Waals surface area contributed by atoms with Gasteiger partial charge in [0.2, 0.25) is 0 Å². The average Bonchev–Trinajstić information content (AvgIpc) is 2.38. The number of aromatic nitrogens is 1. The Bertz CT molecular complexity index is 476. The molecule has 0 radical (unpaired) electrons. The summed E-state index contributed by atoms with van der Waals surface area (Å²) in [5, 5.41) is 9.26. The highest BCUT2D eigenvalue weighted by atomic mass is 16.5. The first-order valence-corrected chi connectivity index (χ1v) is 6.51. The molecule has 2 heterocycles. The Hall–Kier alpha value is -1.62. The third-order valence-corrected chi connectivity index (χ3v) is 3.74. The highest BCUT2D eigenvalue weighted by Crippen LogP contribution is 2.26. The zero-order valence-electron chi connectivity index (χ0n) is 11.6. The first kappa shape index (κ1) is 13.8. The van der Waals surface area contributed by atoms with E-state index >= 15 is 0 Å². The fraction of sp³-hybridized carbons (Fsp3) is 0.571. The van der Waals surface area contributed by atoms with Crippen molar-refractivity contribution in [3.05, 3.63) is 23.4 Å². The van der Waals surface area contributed by atoms with Crippen molar-refractivity contribution in [2.75, 3.05) is 25.1 Å². The van der Waals surface area contributed by atoms with Crippen LogP contribution in [0.25, 0.3) is 0 Å². The Kier molecular flexibility index (Phi) is 4.04. The molecule has 1 aliphatic heterocycles. The van der Waals surface area contributed by atoms with Crippen molar-refractivity contribution < 1.29 is 14.6 Å². The highest BCUT2D eigenvalue weighted by molar-refractivity contribution is 5.93. The summed E-state index contributed by atoms with van der Waals surface area (Å²) in [5.74, 6) is 0.107. The highest BCUT2D eigenvalue weighted by Gasteiger charge is 2.29. The van der Waals surface area contributed by atoms with Gasteiger partial charge >= 0.3 is 5.97 Å². The summed E-state index contributed by atoms with van der Waals surface area (Å²) in [6.45, 7) is 5.54. The second-order valence-electron chi connectivity index (χ2n) is 5.12. The molecule has 104 valence electrons. The molecule has 0 saturated carbocycles. The Morgan fingerprint density at radius 1 is 1.53 bits per heavy atom. The summed E-state index contributed by atoms with van der Waals surface area (Å²) in [4.78, 5) is 17.7. The number of anilines is 1. The van der Waals surface area contributed by atoms with E-state index in [0.717, 1.165) is 18.7 Å². The first-order chi connectivity index (χ1) is 9.02. The fourth-order valence-corrected chi connectivity index (χ4v) is 2.48. The van der Waals surface area contributed by atoms with Crippen molar-refractivity contribution in [2.45, 2.75) is 26.4 Å². The molecule has 1 saturated heterocycles. The molecule has 5 heteroatoms. The Morgan fingerprint density at radius 2 is 2.26 bits per heavy atom. The van der Waals surface area contributed by atoms with Gasteiger partial charge in [0.05, 0.1) is 6.10 Å². The molecular formula is C14H20N2O3. The third-order valence-electron chi connectivity index (χ3n) is 3.74. The number of carbonyl (C=O) groups is 1. The standard InChI is InChI=1S/C14H20N2O3/c1-9-6-7-16(8-12(9)19-3)13-11(14(17)18)5-4-10(2)15-13/h4-5,9,12H,6-8H2,1-3H3,(H,17,18). The van der Waals surface area contributed by atoms with E-state index in [9.17, 15) is 9.90 Å². The quantitative estimate of drug-likeness (QED) is 0.904. The molecule has 0 amide bonds. The second-order valence-corrected chi connectivity index (χ2v) is 5.12. The van der Waals surface area contributed by atoms with Gasteiger partial charge < -0.3 is 14.7 Å². The SMILES string of the molecule is COC1CN(c2nc(C)ccc2C(=O)O)CCC1C. The van der Waals surface area contributed by atoms with Gasteiger partial charge in [-0.25, -0.2) is 9.78 Å². The van der Waals surface area contributed by atoms with Gasteiger partial charge in [0.25, 0.3) is 0 Å². The molecular weight excluding hydrogens is 244 g/mol. The Morgan fingerprint density at radius 3 is 2.89 bits per heavy atom. The van der Waals surface area contributed by atoms with Crippen LogP contribution >= 0.6 is 0 Å². The number of piperidine rings is 1. The zero-order valence-corrected chi connectivity index (χ0v) is 11.6. The molecule has 1 aromatic rings. The maximum Gasteiger partial charge on any atom is 0.339 e. The van der Waals surface area contributed by atoms with E-state index in [4.69, 9.17) is 4.74 Å². The number of carboxylic acid groups (broad SMARTS) is 1. The van der Waals surface area contributed by atoms with Crippen molar-refractivity contribution in [1.29, 1.82) is 0 Å². The molecule has 0 bridgehead atoms. The predicted molar refractivity (Wildman–Crippen MR) is 72.7 cm³/mol. The van der Waals surface area contributed by atoms with Gasteiger partial charge in [0.1, 0.15) is 11.4 Å². The van der Waals surface area contributed by atoms with E-state index in [2.05, 4.69) is 11.9 Å². The van der Waals surface area contributed by atoms with Gasteiger partial charge in [-0.05, 0) is 31.4 Å². The van der Waals surface area contributed by atoms with Crippen molar-refractivity contribution in [1.82, 2.24) is 4.98 Å². The van der Waals surface area contributed by atoms with E-state index in [0.29, 0.717) is 18.3 Å². The smallest absolute Gasteiger partial charge is 0.339 e. The summed E-state index contributed by atoms with van der Waals surface area (Å²) >= 11 is 0. The minimum Gasteiger partial charge on any atom is -0.478 e. The maximum absolute atomic E-state index is 11.3. The second kappa shape index (κ2) is 5.57. The van der Waals surface area contributed by atoms with Crippen molar-refractivity contribution in [2.24, 2.45) is 5.92 Å². The summed E-state index contributed by atoms with van der Waals surface area (Å²) in [7, 11) is 1.70. The molecule has 0 spiro atoms. The summed E-state index contributed by atoms with van der Waals surface area (Å²) in [6, 6.07) is 3.35. The molecule has 1 N–H and O–H groups in total. The van der Waals surface area contributed by atoms with Crippen LogP contribution in [0.2, 0.25) is 0 Å². The number of nitrogens with zero attached hydrogens (tertiary/aromatic N) is 2. The predicted octanol–water partition coefficient (Wildman–Crippen LogP) is 1.95. The van der Waals surface area contributed by atoms with Crippen LogP contribution in [0.15, 0.2) is 12.1 Å². The molecule has 2 atom stereocenters. The minimum absolute atomic E-state index is 0.123. The lowest BCUT2D eigenvalue weighted by atomic mass is 9.95. The van der Waals surface area contributed by atoms with Crippen LogP contribution < -0.4 is 4.90 Å². The zero-order chi connectivity index (χ0) is 14.0. The summed E-state index contributed by atoms with van der Waals surface area (Å²) in [6.07, 6.45) is 1.10. The van der Waals surface area contributed by atoms with Crippen LogP contribution in [0, 0.1) is 12.8 Å². The van der Waals surface area contributed by atoms with Gasteiger partial charge in [0, 0.05) is 25.9 Å². The summed E-state index contributed by atoms with van der Waals surface area (Å²) < 4.78 is 5.47. The molecule has 1 fully saturated rings. The normalized spacial score (nSPS) is 23.4. The number of carboxylic acids is 1. The maximum atomic E-state index is 11.3. The topological polar surface area (TPSA) is 62.7 Å². The van der Waals surface area contributed by atoms with E-state index in [-0.39, 0.29) is 11.7 Å². The van der Waals surface area contributed by atoms with Crippen LogP contribution in [0.5, 0.6) is 0 Å². The van der Waals surface area contributed by atoms with E-state index in [1.54, 1.807) is 19.2 Å². The van der Waals surface area contributed by atoms with Crippen molar-refractivity contribution >= 4 is 11.8 Å². The number of rotatable bonds is 3. The van der Waals surface area contributed by atoms with Crippen LogP contribution in [0.4, 0.5) is 5.82 Å². The van der Waals surface area contributed by atoms with Gasteiger partial charge in [0.15, 0.2) is 0 Å². The van der Waals surface area contributed by atoms with Gasteiger partial charge in [-0.1, -0.05) is 6.92 Å². The lowest BCUT2D eigenvalue weighted by Gasteiger charge is -2.37. The fourth-order valence-electron chi connectivity index (χ4n) is 2.48. The van der Waals surface area contributed by atoms with E-state index in [1.165, 1.54) is 0 Å². The first-order valence-electron chi connectivity index (χ1n) is 6.51. The molecule has 1 aromatic heterocycles. The lowest BCUT2D eigenvalue weighted by molar-refractivity contribution is 0.0494. The average molecular weight is 264 g/mol. The van der Waals surface area contributed by atoms with Gasteiger partial charge in [-0.15, -0.1) is 0 Å². The van der Waals surface area contributed by atoms with Gasteiger partial charge in [-0.3, -0.25) is 0 Å². The number of hydrogen-bond acceptors (Lipinski definition) is 4. The molecule has 2 rings (SSSR count). The van der Waals surface area contributed by atoms with Crippen LogP contribution in [-0.2, 0) is 4.74 Å². The molecule has 1 aliphatic rings. The Labute approximate surface area is 113 Å². The lowest BCUT2D eigenvalue weighted by Crippen LogP contribution is -2.44. The number of pyridine rings is 1. The molecule has 0 aliphatic carbocycles. The Balaban J connectivity index is 2.31. The number of aromatic carboxylic acids is 1. The van der Waals surface area contributed by atoms with Gasteiger partial charge in [-0.2, -0.15) is 0 Å². The van der Waals surface area contributed by atoms with Crippen LogP contribution in [-0.4, -0.2) is 42.4 Å². The monoisotopic (exact) mass is 264 g/mol. The van der Waals surface area contributed by atoms with Crippen molar-refractivity contribution in [3.8, 4) is 0 Å². The van der Waals surface area contributed by atoms with E-state index < -0.39 is 5.97 Å². The largest absolute Gasteiger partial charge is 0.478 e. The van der Waals surface area contributed by atoms with Crippen LogP contribution in [0.1, 0.15) is 29.4 Å². The molecule has 5 nitrogen and oxygen atoms in total. The molecule has 19 heavy (non-hydrogen) atoms. The molecule has 2 unspecified atom stereocenters. The number of hydrogen-bond donors (Lipinski definition) is 1. The number of aryl methyl sites for hydroxylation is 1. The number of methoxy groups -OCH3 is 1. The van der Waals surface area contributed by atoms with E-state index in [1.807, 2.05) is 11.8 Å². The van der Waals surface area contributed by atoms with Crippen LogP contribution in [0.3, 0.4) is 0 Å². The number of ether oxygens (including phenoxy) is 1.